The van der Waals surface area contributed by atoms with Crippen molar-refractivity contribution in [2.24, 2.45) is 0 Å². The molecule has 14 heavy (non-hydrogen) atoms. The van der Waals surface area contributed by atoms with Gasteiger partial charge in [-0.3, -0.25) is 4.79 Å². The molecule has 0 radical (unpaired) electrons. The Kier molecular flexibility index (Phi) is 4.35. The smallest absolute Gasteiger partial charge is 0.246 e. The minimum atomic E-state index is -0.151. The fourth-order valence-corrected chi connectivity index (χ4v) is 1.01. The number of aromatic nitrogens is 1. The van der Waals surface area contributed by atoms with Crippen LogP contribution in [0.2, 0.25) is 5.15 Å². The molecule has 1 rings (SSSR count). The zero-order chi connectivity index (χ0) is 10.4. The van der Waals surface area contributed by atoms with Gasteiger partial charge in [0.15, 0.2) is 0 Å². The van der Waals surface area contributed by atoms with Gasteiger partial charge in [-0.05, 0) is 11.6 Å². The van der Waals surface area contributed by atoms with Crippen molar-refractivity contribution in [3.05, 3.63) is 29.0 Å². The molecule has 0 bridgehead atoms. The van der Waals surface area contributed by atoms with Gasteiger partial charge in [-0.1, -0.05) is 17.7 Å². The Morgan fingerprint density at radius 3 is 3.00 bits per heavy atom. The lowest BCUT2D eigenvalue weighted by atomic mass is 10.3. The van der Waals surface area contributed by atoms with Crippen LogP contribution in [0.15, 0.2) is 18.3 Å². The summed E-state index contributed by atoms with van der Waals surface area (Å²) in [6, 6.07) is 3.49. The van der Waals surface area contributed by atoms with Gasteiger partial charge >= 0.3 is 0 Å². The molecular weight excluding hydrogens is 204 g/mol. The number of hydrogen-bond acceptors (Lipinski definition) is 3. The number of hydrogen-bond donors (Lipinski definition) is 1. The molecule has 1 aromatic heterocycles. The summed E-state index contributed by atoms with van der Waals surface area (Å²) in [5.74, 6) is -0.151. The molecule has 0 atom stereocenters. The standard InChI is InChI=1S/C9H11ClN2O2/c1-14-6-9(13)12-5-7-2-3-8(10)11-4-7/h2-4H,5-6H2,1H3,(H,12,13). The number of carbonyl (C=O) groups is 1. The lowest BCUT2D eigenvalue weighted by molar-refractivity contribution is -0.124. The molecule has 0 aliphatic heterocycles. The van der Waals surface area contributed by atoms with Crippen molar-refractivity contribution >= 4 is 17.5 Å². The molecule has 0 spiro atoms. The van der Waals surface area contributed by atoms with Gasteiger partial charge in [0.2, 0.25) is 5.91 Å². The van der Waals surface area contributed by atoms with Crippen LogP contribution in [0.25, 0.3) is 0 Å². The molecule has 0 fully saturated rings. The number of nitrogens with one attached hydrogen (secondary N) is 1. The second-order valence-corrected chi connectivity index (χ2v) is 3.09. The summed E-state index contributed by atoms with van der Waals surface area (Å²) in [6.45, 7) is 0.507. The van der Waals surface area contributed by atoms with Gasteiger partial charge in [0, 0.05) is 19.9 Å². The van der Waals surface area contributed by atoms with Crippen molar-refractivity contribution in [1.29, 1.82) is 0 Å². The van der Waals surface area contributed by atoms with Crippen LogP contribution in [-0.4, -0.2) is 24.6 Å². The highest BCUT2D eigenvalue weighted by atomic mass is 35.5. The Morgan fingerprint density at radius 1 is 1.64 bits per heavy atom. The summed E-state index contributed by atoms with van der Waals surface area (Å²) < 4.78 is 4.66. The van der Waals surface area contributed by atoms with Gasteiger partial charge in [-0.2, -0.15) is 0 Å². The van der Waals surface area contributed by atoms with Crippen LogP contribution in [-0.2, 0) is 16.1 Å². The summed E-state index contributed by atoms with van der Waals surface area (Å²) in [7, 11) is 1.48. The van der Waals surface area contributed by atoms with Crippen molar-refractivity contribution in [3.8, 4) is 0 Å². The van der Waals surface area contributed by atoms with Gasteiger partial charge in [-0.15, -0.1) is 0 Å². The minimum absolute atomic E-state index is 0.0705. The molecule has 1 N–H and O–H groups in total. The van der Waals surface area contributed by atoms with E-state index in [1.54, 1.807) is 12.3 Å². The van der Waals surface area contributed by atoms with Crippen molar-refractivity contribution in [2.75, 3.05) is 13.7 Å². The van der Waals surface area contributed by atoms with Gasteiger partial charge in [0.1, 0.15) is 11.8 Å². The molecule has 0 aliphatic rings. The summed E-state index contributed by atoms with van der Waals surface area (Å²) >= 11 is 5.61. The number of halogens is 1. The van der Waals surface area contributed by atoms with Crippen LogP contribution < -0.4 is 5.32 Å². The average Bonchev–Trinajstić information content (AvgIpc) is 2.17. The Hall–Kier alpha value is -1.13. The summed E-state index contributed by atoms with van der Waals surface area (Å²) in [5.41, 5.74) is 0.902. The van der Waals surface area contributed by atoms with Crippen LogP contribution >= 0.6 is 11.6 Å². The fourth-order valence-electron chi connectivity index (χ4n) is 0.894. The number of amides is 1. The highest BCUT2D eigenvalue weighted by Crippen LogP contribution is 2.04. The van der Waals surface area contributed by atoms with E-state index in [2.05, 4.69) is 15.0 Å². The van der Waals surface area contributed by atoms with E-state index in [1.165, 1.54) is 7.11 Å². The van der Waals surface area contributed by atoms with Crippen molar-refractivity contribution in [2.45, 2.75) is 6.54 Å². The molecule has 76 valence electrons. The highest BCUT2D eigenvalue weighted by Gasteiger charge is 1.99. The molecule has 1 amide bonds. The largest absolute Gasteiger partial charge is 0.375 e. The van der Waals surface area contributed by atoms with E-state index in [0.717, 1.165) is 5.56 Å². The maximum atomic E-state index is 11.0. The molecule has 1 aromatic rings. The van der Waals surface area contributed by atoms with Crippen LogP contribution in [0.3, 0.4) is 0 Å². The third kappa shape index (κ3) is 3.72. The summed E-state index contributed by atoms with van der Waals surface area (Å²) in [4.78, 5) is 14.9. The number of ether oxygens (including phenoxy) is 1. The average molecular weight is 215 g/mol. The maximum Gasteiger partial charge on any atom is 0.246 e. The monoisotopic (exact) mass is 214 g/mol. The molecule has 0 saturated heterocycles. The van der Waals surface area contributed by atoms with E-state index in [-0.39, 0.29) is 12.5 Å². The van der Waals surface area contributed by atoms with Crippen LogP contribution in [0, 0.1) is 0 Å². The molecular formula is C9H11ClN2O2. The molecule has 0 saturated carbocycles. The Bertz CT molecular complexity index is 300. The first kappa shape index (κ1) is 10.9. The van der Waals surface area contributed by atoms with Crippen molar-refractivity contribution in [3.63, 3.8) is 0 Å². The van der Waals surface area contributed by atoms with Crippen molar-refractivity contribution in [1.82, 2.24) is 10.3 Å². The minimum Gasteiger partial charge on any atom is -0.375 e. The molecule has 0 unspecified atom stereocenters. The van der Waals surface area contributed by atoms with Gasteiger partial charge in [0.25, 0.3) is 0 Å². The predicted molar refractivity (Wildman–Crippen MR) is 53.0 cm³/mol. The third-order valence-corrected chi connectivity index (χ3v) is 1.78. The van der Waals surface area contributed by atoms with E-state index in [1.807, 2.05) is 6.07 Å². The Labute approximate surface area is 87.2 Å². The Balaban J connectivity index is 2.38. The Morgan fingerprint density at radius 2 is 2.43 bits per heavy atom. The second kappa shape index (κ2) is 5.57. The predicted octanol–water partition coefficient (Wildman–Crippen LogP) is 0.998. The van der Waals surface area contributed by atoms with Gasteiger partial charge in [0.05, 0.1) is 0 Å². The summed E-state index contributed by atoms with van der Waals surface area (Å²) in [6.07, 6.45) is 1.62. The first-order valence-corrected chi connectivity index (χ1v) is 4.46. The number of methoxy groups -OCH3 is 1. The second-order valence-electron chi connectivity index (χ2n) is 2.70. The first-order chi connectivity index (χ1) is 6.72. The molecule has 4 nitrogen and oxygen atoms in total. The number of pyridine rings is 1. The molecule has 1 heterocycles. The lowest BCUT2D eigenvalue weighted by Gasteiger charge is -2.03. The SMILES string of the molecule is COCC(=O)NCc1ccc(Cl)nc1. The van der Waals surface area contributed by atoms with Crippen molar-refractivity contribution < 1.29 is 9.53 Å². The number of nitrogens with zero attached hydrogens (tertiary/aromatic N) is 1. The van der Waals surface area contributed by atoms with Crippen LogP contribution in [0.1, 0.15) is 5.56 Å². The quantitative estimate of drug-likeness (QED) is 0.761. The maximum absolute atomic E-state index is 11.0. The topological polar surface area (TPSA) is 51.2 Å². The highest BCUT2D eigenvalue weighted by molar-refractivity contribution is 6.29. The van der Waals surface area contributed by atoms with E-state index >= 15 is 0 Å². The van der Waals surface area contributed by atoms with E-state index in [4.69, 9.17) is 11.6 Å². The first-order valence-electron chi connectivity index (χ1n) is 4.08. The molecule has 5 heteroatoms. The molecule has 0 aromatic carbocycles. The van der Waals surface area contributed by atoms with Crippen LogP contribution in [0.5, 0.6) is 0 Å². The van der Waals surface area contributed by atoms with E-state index in [0.29, 0.717) is 11.7 Å². The zero-order valence-electron chi connectivity index (χ0n) is 7.79. The normalized spacial score (nSPS) is 9.86. The summed E-state index contributed by atoms with van der Waals surface area (Å²) in [5, 5.41) is 3.11. The van der Waals surface area contributed by atoms with E-state index < -0.39 is 0 Å². The number of rotatable bonds is 4. The zero-order valence-corrected chi connectivity index (χ0v) is 8.54. The fraction of sp³-hybridized carbons (Fsp3) is 0.333. The number of carbonyl (C=O) groups excluding carboxylic acids is 1. The lowest BCUT2D eigenvalue weighted by Crippen LogP contribution is -2.26. The van der Waals surface area contributed by atoms with Crippen LogP contribution in [0.4, 0.5) is 0 Å². The van der Waals surface area contributed by atoms with E-state index in [9.17, 15) is 4.79 Å². The third-order valence-electron chi connectivity index (χ3n) is 1.55. The van der Waals surface area contributed by atoms with Gasteiger partial charge in [-0.25, -0.2) is 4.98 Å². The molecule has 0 aliphatic carbocycles. The van der Waals surface area contributed by atoms with Gasteiger partial charge < -0.3 is 10.1 Å².